The van der Waals surface area contributed by atoms with Crippen LogP contribution < -0.4 is 0 Å². The highest BCUT2D eigenvalue weighted by atomic mass is 32.2. The lowest BCUT2D eigenvalue weighted by atomic mass is 10.0. The second-order valence-corrected chi connectivity index (χ2v) is 27.7. The molecule has 0 saturated carbocycles. The normalized spacial score (nSPS) is 12.7. The second kappa shape index (κ2) is 15.7. The first-order valence-electron chi connectivity index (χ1n) is 16.9. The summed E-state index contributed by atoms with van der Waals surface area (Å²) in [6, 6.07) is 38.2. The van der Waals surface area contributed by atoms with E-state index in [0.717, 1.165) is 0 Å². The van der Waals surface area contributed by atoms with Crippen molar-refractivity contribution in [2.24, 2.45) is 0 Å². The number of rotatable bonds is 8. The molecule has 0 heterocycles. The van der Waals surface area contributed by atoms with Crippen LogP contribution in [0.5, 0.6) is 0 Å². The van der Waals surface area contributed by atoms with Gasteiger partial charge in [0.2, 0.25) is 19.7 Å². The van der Waals surface area contributed by atoms with Gasteiger partial charge in [0.1, 0.15) is 16.1 Å². The molecule has 262 valence electrons. The van der Waals surface area contributed by atoms with Gasteiger partial charge in [0, 0.05) is 11.1 Å². The minimum atomic E-state index is -4.09. The summed E-state index contributed by atoms with van der Waals surface area (Å²) >= 11 is 0. The van der Waals surface area contributed by atoms with Crippen LogP contribution in [0.3, 0.4) is 0 Å². The fourth-order valence-corrected chi connectivity index (χ4v) is 9.17. The van der Waals surface area contributed by atoms with E-state index in [1.165, 1.54) is 0 Å². The Bertz CT molecular complexity index is 2330. The maximum absolute atomic E-state index is 14.5. The molecule has 5 aromatic rings. The van der Waals surface area contributed by atoms with Crippen molar-refractivity contribution in [3.63, 3.8) is 0 Å². The van der Waals surface area contributed by atoms with Crippen LogP contribution in [0.25, 0.3) is 22.0 Å². The summed E-state index contributed by atoms with van der Waals surface area (Å²) in [6.07, 6.45) is 3.29. The third-order valence-corrected chi connectivity index (χ3v) is 13.2. The van der Waals surface area contributed by atoms with Gasteiger partial charge in [-0.3, -0.25) is 0 Å². The van der Waals surface area contributed by atoms with E-state index in [4.69, 9.17) is 0 Å². The molecule has 0 bridgehead atoms. The fourth-order valence-electron chi connectivity index (χ4n) is 5.18. The van der Waals surface area contributed by atoms with Crippen molar-refractivity contribution in [2.45, 2.75) is 49.1 Å². The molecule has 0 aliphatic rings. The van der Waals surface area contributed by atoms with Crippen LogP contribution in [0.1, 0.15) is 33.4 Å². The van der Waals surface area contributed by atoms with Gasteiger partial charge in [0.15, 0.2) is 0 Å². The van der Waals surface area contributed by atoms with Crippen molar-refractivity contribution in [1.29, 1.82) is 0 Å². The molecule has 0 amide bonds. The maximum atomic E-state index is 14.5. The minimum absolute atomic E-state index is 0.0284. The molecule has 0 atom stereocenters. The van der Waals surface area contributed by atoms with Crippen molar-refractivity contribution in [3.8, 4) is 22.9 Å². The number of benzene rings is 5. The van der Waals surface area contributed by atoms with Gasteiger partial charge in [-0.2, -0.15) is 0 Å². The molecular formula is C44H42O4S2Si2. The Labute approximate surface area is 311 Å². The van der Waals surface area contributed by atoms with Crippen LogP contribution in [0, 0.1) is 22.9 Å². The van der Waals surface area contributed by atoms with Crippen LogP contribution in [0.15, 0.2) is 143 Å². The van der Waals surface area contributed by atoms with Crippen LogP contribution in [0.2, 0.25) is 39.3 Å². The fraction of sp³-hybridized carbons (Fsp3) is 0.136. The maximum Gasteiger partial charge on any atom is 0.207 e. The molecule has 0 unspecified atom stereocenters. The first kappa shape index (κ1) is 38.3. The molecule has 0 fully saturated rings. The number of hydrogen-bond donors (Lipinski definition) is 0. The van der Waals surface area contributed by atoms with E-state index in [-0.39, 0.29) is 19.6 Å². The van der Waals surface area contributed by atoms with Gasteiger partial charge < -0.3 is 0 Å². The van der Waals surface area contributed by atoms with Crippen molar-refractivity contribution in [1.82, 2.24) is 0 Å². The molecule has 0 aliphatic heterocycles. The Hall–Kier alpha value is -4.97. The summed E-state index contributed by atoms with van der Waals surface area (Å²) in [4.78, 5) is 0.307. The van der Waals surface area contributed by atoms with Gasteiger partial charge in [0.05, 0.1) is 19.6 Å². The first-order chi connectivity index (χ1) is 24.5. The second-order valence-electron chi connectivity index (χ2n) is 14.4. The molecule has 0 aliphatic carbocycles. The summed E-state index contributed by atoms with van der Waals surface area (Å²) in [5.41, 5.74) is 10.2. The summed E-state index contributed by atoms with van der Waals surface area (Å²) < 4.78 is 58.0. The highest BCUT2D eigenvalue weighted by Gasteiger charge is 2.27. The molecule has 0 aromatic heterocycles. The van der Waals surface area contributed by atoms with Gasteiger partial charge in [-0.15, -0.1) is 11.1 Å². The van der Waals surface area contributed by atoms with Crippen LogP contribution >= 0.6 is 0 Å². The molecule has 0 spiro atoms. The van der Waals surface area contributed by atoms with Crippen LogP contribution in [0.4, 0.5) is 0 Å². The average molecular weight is 755 g/mol. The van der Waals surface area contributed by atoms with E-state index in [2.05, 4.69) is 62.2 Å². The van der Waals surface area contributed by atoms with Gasteiger partial charge in [0.25, 0.3) is 0 Å². The van der Waals surface area contributed by atoms with Gasteiger partial charge >= 0.3 is 0 Å². The van der Waals surface area contributed by atoms with E-state index < -0.39 is 35.8 Å². The van der Waals surface area contributed by atoms with E-state index >= 15 is 0 Å². The largest absolute Gasteiger partial charge is 0.218 e. The van der Waals surface area contributed by atoms with Gasteiger partial charge in [-0.05, 0) is 76.9 Å². The van der Waals surface area contributed by atoms with Crippen molar-refractivity contribution >= 4 is 57.8 Å². The highest BCUT2D eigenvalue weighted by molar-refractivity contribution is 8.01. The number of hydrogen-bond acceptors (Lipinski definition) is 4. The Morgan fingerprint density at radius 3 is 1.17 bits per heavy atom. The Morgan fingerprint density at radius 2 is 0.808 bits per heavy atom. The summed E-state index contributed by atoms with van der Waals surface area (Å²) in [5.74, 6) is 6.59. The average Bonchev–Trinajstić information content (AvgIpc) is 3.12. The van der Waals surface area contributed by atoms with Crippen LogP contribution in [-0.4, -0.2) is 33.0 Å². The minimum Gasteiger partial charge on any atom is -0.218 e. The van der Waals surface area contributed by atoms with Crippen molar-refractivity contribution < 1.29 is 16.8 Å². The first-order valence-corrected chi connectivity index (χ1v) is 26.9. The number of sulfone groups is 2. The smallest absolute Gasteiger partial charge is 0.207 e. The summed E-state index contributed by atoms with van der Waals surface area (Å²) in [7, 11) is -11.7. The topological polar surface area (TPSA) is 68.3 Å². The lowest BCUT2D eigenvalue weighted by Gasteiger charge is -2.15. The van der Waals surface area contributed by atoms with Crippen molar-refractivity contribution in [3.05, 3.63) is 167 Å². The molecule has 5 aromatic carbocycles. The summed E-state index contributed by atoms with van der Waals surface area (Å²) in [6.45, 7) is 12.9. The predicted octanol–water partition coefficient (Wildman–Crippen LogP) is 10.1. The lowest BCUT2D eigenvalue weighted by Crippen LogP contribution is -2.16. The standard InChI is InChI=1S/C44H42O4S2Si2/c1-51(2,3)30-28-35-18-13-15-20-37(35)33-43(49(45,46)41-24-9-7-10-25-41)39-22-17-23-40(32-39)44(50(47,48)42-26-11-8-12-27-42)34-38-21-16-14-19-36(38)29-31-52(4,5)6/h7-27,32-34H,1-6H3/b43-33+,44-34+. The Morgan fingerprint density at radius 1 is 0.462 bits per heavy atom. The van der Waals surface area contributed by atoms with Gasteiger partial charge in [-0.1, -0.05) is 142 Å². The Balaban J connectivity index is 1.80. The summed E-state index contributed by atoms with van der Waals surface area (Å²) in [5, 5.41) is 0. The zero-order valence-electron chi connectivity index (χ0n) is 30.3. The highest BCUT2D eigenvalue weighted by Crippen LogP contribution is 2.36. The molecule has 4 nitrogen and oxygen atoms in total. The molecule has 52 heavy (non-hydrogen) atoms. The van der Waals surface area contributed by atoms with E-state index in [1.807, 2.05) is 48.5 Å². The van der Waals surface area contributed by atoms with Crippen molar-refractivity contribution in [2.75, 3.05) is 0 Å². The van der Waals surface area contributed by atoms with Crippen LogP contribution in [-0.2, 0) is 19.7 Å². The molecule has 0 N–H and O–H groups in total. The quantitative estimate of drug-likeness (QED) is 0.0899. The van der Waals surface area contributed by atoms with E-state index in [9.17, 15) is 16.8 Å². The molecule has 8 heteroatoms. The third kappa shape index (κ3) is 9.67. The third-order valence-electron chi connectivity index (χ3n) is 7.76. The zero-order chi connectivity index (χ0) is 37.6. The molecule has 0 radical (unpaired) electrons. The molecule has 5 rings (SSSR count). The zero-order valence-corrected chi connectivity index (χ0v) is 33.9. The van der Waals surface area contributed by atoms with E-state index in [1.54, 1.807) is 97.1 Å². The van der Waals surface area contributed by atoms with E-state index in [0.29, 0.717) is 33.4 Å². The monoisotopic (exact) mass is 754 g/mol. The molecular weight excluding hydrogens is 713 g/mol. The van der Waals surface area contributed by atoms with Gasteiger partial charge in [-0.25, -0.2) is 16.8 Å². The Kier molecular flexibility index (Phi) is 11.6. The molecule has 0 saturated heterocycles. The lowest BCUT2D eigenvalue weighted by molar-refractivity contribution is 0.604. The predicted molar refractivity (Wildman–Crippen MR) is 223 cm³/mol. The SMILES string of the molecule is C[Si](C)(C)C#Cc1ccccc1/C=C(\c1cccc(/C(=C\c2ccccc2C#C[Si](C)(C)C)S(=O)(=O)c2ccccc2)c1)S(=O)(=O)c1ccccc1.